The molecule has 0 unspecified atom stereocenters. The molecular weight excluding hydrogens is 288 g/mol. The largest absolute Gasteiger partial charge is 0.371 e. The molecule has 2 amide bonds. The van der Waals surface area contributed by atoms with Crippen molar-refractivity contribution in [1.82, 2.24) is 10.6 Å². The van der Waals surface area contributed by atoms with Crippen molar-refractivity contribution in [2.75, 3.05) is 24.5 Å². The van der Waals surface area contributed by atoms with E-state index in [4.69, 9.17) is 0 Å². The monoisotopic (exact) mass is 311 g/mol. The topological polar surface area (TPSA) is 44.4 Å². The Balaban J connectivity index is 1.80. The predicted octanol–water partition coefficient (Wildman–Crippen LogP) is 2.89. The van der Waals surface area contributed by atoms with Gasteiger partial charge in [-0.3, -0.25) is 0 Å². The Morgan fingerprint density at radius 3 is 2.86 bits per heavy atom. The van der Waals surface area contributed by atoms with E-state index < -0.39 is 11.6 Å². The average molecular weight is 311 g/mol. The molecule has 4 nitrogen and oxygen atoms in total. The van der Waals surface area contributed by atoms with E-state index in [-0.39, 0.29) is 12.1 Å². The number of carbonyl (C=O) groups excluding carboxylic acids is 1. The third-order valence-corrected chi connectivity index (χ3v) is 4.10. The van der Waals surface area contributed by atoms with Crippen LogP contribution in [-0.4, -0.2) is 31.7 Å². The van der Waals surface area contributed by atoms with Crippen LogP contribution in [0.5, 0.6) is 0 Å². The smallest absolute Gasteiger partial charge is 0.315 e. The van der Waals surface area contributed by atoms with Crippen LogP contribution in [0, 0.1) is 17.6 Å². The number of urea groups is 1. The first kappa shape index (κ1) is 16.5. The van der Waals surface area contributed by atoms with E-state index in [9.17, 15) is 13.6 Å². The molecule has 1 aromatic carbocycles. The first-order valence-corrected chi connectivity index (χ1v) is 7.74. The molecule has 2 atom stereocenters. The van der Waals surface area contributed by atoms with Gasteiger partial charge in [-0.05, 0) is 37.8 Å². The highest BCUT2D eigenvalue weighted by Gasteiger charge is 2.23. The molecule has 1 saturated heterocycles. The number of amides is 2. The van der Waals surface area contributed by atoms with Gasteiger partial charge in [-0.2, -0.15) is 0 Å². The summed E-state index contributed by atoms with van der Waals surface area (Å²) in [7, 11) is 0. The molecule has 1 heterocycles. The van der Waals surface area contributed by atoms with Gasteiger partial charge in [-0.15, -0.1) is 0 Å². The van der Waals surface area contributed by atoms with Gasteiger partial charge in [0.15, 0.2) is 11.6 Å². The van der Waals surface area contributed by atoms with Crippen molar-refractivity contribution >= 4 is 11.7 Å². The summed E-state index contributed by atoms with van der Waals surface area (Å²) in [6, 6.07) is 3.96. The lowest BCUT2D eigenvalue weighted by molar-refractivity contribution is 0.236. The molecule has 2 N–H and O–H groups in total. The number of benzene rings is 1. The lowest BCUT2D eigenvalue weighted by Crippen LogP contribution is -2.42. The summed E-state index contributed by atoms with van der Waals surface area (Å²) in [4.78, 5) is 13.7. The molecule has 0 aliphatic carbocycles. The number of hydrogen-bond donors (Lipinski definition) is 2. The van der Waals surface area contributed by atoms with E-state index in [1.54, 1.807) is 6.07 Å². The minimum absolute atomic E-state index is 0.152. The maximum atomic E-state index is 13.3. The second-order valence-electron chi connectivity index (χ2n) is 5.86. The molecule has 122 valence electrons. The van der Waals surface area contributed by atoms with Crippen molar-refractivity contribution in [3.05, 3.63) is 29.8 Å². The molecule has 0 radical (unpaired) electrons. The van der Waals surface area contributed by atoms with Crippen molar-refractivity contribution < 1.29 is 13.6 Å². The lowest BCUT2D eigenvalue weighted by atomic mass is 10.1. The molecule has 0 aromatic heterocycles. The Morgan fingerprint density at radius 2 is 2.18 bits per heavy atom. The van der Waals surface area contributed by atoms with Crippen LogP contribution in [0.25, 0.3) is 0 Å². The average Bonchev–Trinajstić information content (AvgIpc) is 2.96. The maximum absolute atomic E-state index is 13.3. The van der Waals surface area contributed by atoms with Gasteiger partial charge in [-0.25, -0.2) is 13.6 Å². The zero-order valence-electron chi connectivity index (χ0n) is 13.0. The molecule has 0 saturated carbocycles. The van der Waals surface area contributed by atoms with Gasteiger partial charge >= 0.3 is 6.03 Å². The normalized spacial score (nSPS) is 19.1. The van der Waals surface area contributed by atoms with Crippen LogP contribution in [-0.2, 0) is 0 Å². The molecule has 0 spiro atoms. The van der Waals surface area contributed by atoms with E-state index in [1.807, 2.05) is 18.7 Å². The summed E-state index contributed by atoms with van der Waals surface area (Å²) in [6.45, 7) is 6.07. The first-order valence-electron chi connectivity index (χ1n) is 7.74. The van der Waals surface area contributed by atoms with Gasteiger partial charge in [0.2, 0.25) is 0 Å². The highest BCUT2D eigenvalue weighted by Crippen LogP contribution is 2.24. The van der Waals surface area contributed by atoms with Crippen molar-refractivity contribution in [2.24, 2.45) is 5.92 Å². The quantitative estimate of drug-likeness (QED) is 0.878. The fraction of sp³-hybridized carbons (Fsp3) is 0.562. The number of nitrogens with one attached hydrogen (secondary N) is 2. The zero-order valence-corrected chi connectivity index (χ0v) is 13.0. The van der Waals surface area contributed by atoms with E-state index >= 15 is 0 Å². The first-order chi connectivity index (χ1) is 10.5. The Morgan fingerprint density at radius 1 is 1.41 bits per heavy atom. The molecule has 1 fully saturated rings. The maximum Gasteiger partial charge on any atom is 0.315 e. The number of carbonyl (C=O) groups is 1. The Kier molecular flexibility index (Phi) is 5.57. The van der Waals surface area contributed by atoms with Crippen LogP contribution in [0.2, 0.25) is 0 Å². The second kappa shape index (κ2) is 7.42. The van der Waals surface area contributed by atoms with Crippen LogP contribution < -0.4 is 15.5 Å². The van der Waals surface area contributed by atoms with Gasteiger partial charge in [0.05, 0.1) is 0 Å². The summed E-state index contributed by atoms with van der Waals surface area (Å²) in [6.07, 6.45) is 1.81. The molecule has 1 aliphatic heterocycles. The Hall–Kier alpha value is -1.85. The van der Waals surface area contributed by atoms with Gasteiger partial charge in [0, 0.05) is 37.4 Å². The third-order valence-electron chi connectivity index (χ3n) is 4.10. The van der Waals surface area contributed by atoms with Crippen molar-refractivity contribution in [1.29, 1.82) is 0 Å². The SMILES string of the molecule is CC[C@H](C)NC(=O)NC[C@H]1CCN(c2ccc(F)c(F)c2)C1. The number of hydrogen-bond acceptors (Lipinski definition) is 2. The fourth-order valence-electron chi connectivity index (χ4n) is 2.53. The Labute approximate surface area is 129 Å². The Bertz CT molecular complexity index is 524. The van der Waals surface area contributed by atoms with Gasteiger partial charge in [0.1, 0.15) is 0 Å². The van der Waals surface area contributed by atoms with Crippen molar-refractivity contribution in [2.45, 2.75) is 32.7 Å². The highest BCUT2D eigenvalue weighted by molar-refractivity contribution is 5.74. The van der Waals surface area contributed by atoms with E-state index in [2.05, 4.69) is 10.6 Å². The summed E-state index contributed by atoms with van der Waals surface area (Å²) >= 11 is 0. The fourth-order valence-corrected chi connectivity index (χ4v) is 2.53. The molecule has 22 heavy (non-hydrogen) atoms. The number of anilines is 1. The molecule has 0 bridgehead atoms. The minimum atomic E-state index is -0.831. The summed E-state index contributed by atoms with van der Waals surface area (Å²) < 4.78 is 26.2. The zero-order chi connectivity index (χ0) is 16.1. The molecule has 1 aromatic rings. The minimum Gasteiger partial charge on any atom is -0.371 e. The van der Waals surface area contributed by atoms with Crippen LogP contribution in [0.4, 0.5) is 19.3 Å². The molecule has 6 heteroatoms. The number of rotatable bonds is 5. The third kappa shape index (κ3) is 4.32. The summed E-state index contributed by atoms with van der Waals surface area (Å²) in [5.41, 5.74) is 0.686. The van der Waals surface area contributed by atoms with Crippen LogP contribution in [0.15, 0.2) is 18.2 Å². The van der Waals surface area contributed by atoms with E-state index in [0.717, 1.165) is 32.0 Å². The van der Waals surface area contributed by atoms with Gasteiger partial charge in [0.25, 0.3) is 0 Å². The number of nitrogens with zero attached hydrogens (tertiary/aromatic N) is 1. The lowest BCUT2D eigenvalue weighted by Gasteiger charge is -2.19. The van der Waals surface area contributed by atoms with Gasteiger partial charge < -0.3 is 15.5 Å². The van der Waals surface area contributed by atoms with Crippen molar-refractivity contribution in [3.63, 3.8) is 0 Å². The second-order valence-corrected chi connectivity index (χ2v) is 5.86. The van der Waals surface area contributed by atoms with Crippen LogP contribution >= 0.6 is 0 Å². The molecule has 2 rings (SSSR count). The van der Waals surface area contributed by atoms with Crippen molar-refractivity contribution in [3.8, 4) is 0 Å². The number of halogens is 2. The van der Waals surface area contributed by atoms with Crippen LogP contribution in [0.1, 0.15) is 26.7 Å². The molecular formula is C16H23F2N3O. The highest BCUT2D eigenvalue weighted by atomic mass is 19.2. The summed E-state index contributed by atoms with van der Waals surface area (Å²) in [5.74, 6) is -1.34. The van der Waals surface area contributed by atoms with E-state index in [0.29, 0.717) is 18.2 Å². The standard InChI is InChI=1S/C16H23F2N3O/c1-3-11(2)20-16(22)19-9-12-6-7-21(10-12)13-4-5-14(17)15(18)8-13/h4-5,8,11-12H,3,6-7,9-10H2,1-2H3,(H2,19,20,22)/t11-,12+/m0/s1. The van der Waals surface area contributed by atoms with Crippen LogP contribution in [0.3, 0.4) is 0 Å². The molecule has 1 aliphatic rings. The summed E-state index contributed by atoms with van der Waals surface area (Å²) in [5, 5.41) is 5.73. The van der Waals surface area contributed by atoms with Gasteiger partial charge in [-0.1, -0.05) is 6.92 Å². The predicted molar refractivity (Wildman–Crippen MR) is 83.0 cm³/mol. The van der Waals surface area contributed by atoms with E-state index in [1.165, 1.54) is 6.07 Å².